The Morgan fingerprint density at radius 2 is 2.12 bits per heavy atom. The number of aromatic nitrogens is 1. The number of nitrogens with zero attached hydrogens (tertiary/aromatic N) is 2. The van der Waals surface area contributed by atoms with Crippen LogP contribution in [0.2, 0.25) is 0 Å². The van der Waals surface area contributed by atoms with E-state index in [9.17, 15) is 9.59 Å². The first-order chi connectivity index (χ1) is 12.0. The molecule has 2 heterocycles. The van der Waals surface area contributed by atoms with Crippen LogP contribution in [0.15, 0.2) is 24.3 Å². The molecule has 2 amide bonds. The van der Waals surface area contributed by atoms with E-state index in [0.717, 1.165) is 28.4 Å². The Balaban J connectivity index is 1.67. The van der Waals surface area contributed by atoms with Crippen LogP contribution in [-0.4, -0.2) is 30.5 Å². The standard InChI is InChI=1S/C18H21N3O3S/c1-4-15-11(2)25-18(19-15)20-17(23)12-9-16(22)21(10-12)13-5-7-14(24-3)8-6-13/h5-8,12H,4,9-10H2,1-3H3,(H,19,20,23). The molecule has 1 unspecified atom stereocenters. The maximum absolute atomic E-state index is 12.5. The summed E-state index contributed by atoms with van der Waals surface area (Å²) in [7, 11) is 1.60. The molecule has 1 saturated heterocycles. The minimum absolute atomic E-state index is 0.0464. The fourth-order valence-corrected chi connectivity index (χ4v) is 3.82. The van der Waals surface area contributed by atoms with E-state index in [1.165, 1.54) is 11.3 Å². The molecule has 0 bridgehead atoms. The minimum atomic E-state index is -0.371. The number of benzene rings is 1. The molecule has 1 aliphatic heterocycles. The van der Waals surface area contributed by atoms with Crippen LogP contribution in [0.4, 0.5) is 10.8 Å². The third kappa shape index (κ3) is 3.66. The number of rotatable bonds is 5. The average molecular weight is 359 g/mol. The molecule has 0 aliphatic carbocycles. The number of hydrogen-bond acceptors (Lipinski definition) is 5. The van der Waals surface area contributed by atoms with E-state index in [4.69, 9.17) is 4.74 Å². The van der Waals surface area contributed by atoms with Gasteiger partial charge in [0.05, 0.1) is 18.7 Å². The molecule has 0 saturated carbocycles. The van der Waals surface area contributed by atoms with Gasteiger partial charge in [-0.05, 0) is 37.6 Å². The minimum Gasteiger partial charge on any atom is -0.497 e. The van der Waals surface area contributed by atoms with Crippen LogP contribution in [0.25, 0.3) is 0 Å². The maximum atomic E-state index is 12.5. The highest BCUT2D eigenvalue weighted by atomic mass is 32.1. The molecule has 2 aromatic rings. The van der Waals surface area contributed by atoms with Gasteiger partial charge in [-0.3, -0.25) is 9.59 Å². The zero-order valence-electron chi connectivity index (χ0n) is 14.5. The molecule has 1 aromatic carbocycles. The van der Waals surface area contributed by atoms with Crippen LogP contribution < -0.4 is 15.0 Å². The highest BCUT2D eigenvalue weighted by molar-refractivity contribution is 7.15. The van der Waals surface area contributed by atoms with Gasteiger partial charge in [-0.1, -0.05) is 6.92 Å². The Hall–Kier alpha value is -2.41. The van der Waals surface area contributed by atoms with Crippen molar-refractivity contribution in [1.82, 2.24) is 4.98 Å². The lowest BCUT2D eigenvalue weighted by Crippen LogP contribution is -2.28. The predicted molar refractivity (Wildman–Crippen MR) is 98.3 cm³/mol. The highest BCUT2D eigenvalue weighted by Crippen LogP contribution is 2.28. The summed E-state index contributed by atoms with van der Waals surface area (Å²) in [6.07, 6.45) is 1.05. The fourth-order valence-electron chi connectivity index (χ4n) is 2.91. The van der Waals surface area contributed by atoms with Crippen LogP contribution in [0.3, 0.4) is 0 Å². The van der Waals surface area contributed by atoms with Gasteiger partial charge in [0.15, 0.2) is 5.13 Å². The smallest absolute Gasteiger partial charge is 0.231 e. The first-order valence-electron chi connectivity index (χ1n) is 8.23. The molecule has 1 aliphatic rings. The molecule has 1 fully saturated rings. The normalized spacial score (nSPS) is 17.0. The summed E-state index contributed by atoms with van der Waals surface area (Å²) in [4.78, 5) is 32.0. The number of carbonyl (C=O) groups excluding carboxylic acids is 2. The van der Waals surface area contributed by atoms with Crippen molar-refractivity contribution in [2.75, 3.05) is 23.9 Å². The van der Waals surface area contributed by atoms with E-state index >= 15 is 0 Å². The quantitative estimate of drug-likeness (QED) is 0.891. The number of ether oxygens (including phenoxy) is 1. The van der Waals surface area contributed by atoms with E-state index in [-0.39, 0.29) is 24.2 Å². The van der Waals surface area contributed by atoms with Crippen molar-refractivity contribution in [1.29, 1.82) is 0 Å². The zero-order valence-corrected chi connectivity index (χ0v) is 15.4. The van der Waals surface area contributed by atoms with Crippen molar-refractivity contribution in [2.45, 2.75) is 26.7 Å². The lowest BCUT2D eigenvalue weighted by molar-refractivity contribution is -0.122. The lowest BCUT2D eigenvalue weighted by atomic mass is 10.1. The van der Waals surface area contributed by atoms with Crippen LogP contribution in [0.1, 0.15) is 23.9 Å². The van der Waals surface area contributed by atoms with Crippen molar-refractivity contribution >= 4 is 34.0 Å². The largest absolute Gasteiger partial charge is 0.497 e. The Morgan fingerprint density at radius 3 is 2.72 bits per heavy atom. The molecule has 25 heavy (non-hydrogen) atoms. The topological polar surface area (TPSA) is 71.5 Å². The molecule has 1 aromatic heterocycles. The second-order valence-electron chi connectivity index (χ2n) is 5.97. The van der Waals surface area contributed by atoms with E-state index in [1.807, 2.05) is 26.0 Å². The number of aryl methyl sites for hydroxylation is 2. The van der Waals surface area contributed by atoms with Gasteiger partial charge in [0.2, 0.25) is 11.8 Å². The van der Waals surface area contributed by atoms with Crippen LogP contribution >= 0.6 is 11.3 Å². The van der Waals surface area contributed by atoms with Crippen LogP contribution in [0, 0.1) is 12.8 Å². The Labute approximate surface area is 150 Å². The number of hydrogen-bond donors (Lipinski definition) is 1. The number of carbonyl (C=O) groups is 2. The molecule has 132 valence electrons. The summed E-state index contributed by atoms with van der Waals surface area (Å²) in [6.45, 7) is 4.41. The van der Waals surface area contributed by atoms with Gasteiger partial charge in [-0.2, -0.15) is 0 Å². The lowest BCUT2D eigenvalue weighted by Gasteiger charge is -2.16. The number of thiazole rings is 1. The average Bonchev–Trinajstić information content (AvgIpc) is 3.17. The summed E-state index contributed by atoms with van der Waals surface area (Å²) in [5, 5.41) is 3.47. The molecule has 7 heteroatoms. The van der Waals surface area contributed by atoms with E-state index < -0.39 is 0 Å². The summed E-state index contributed by atoms with van der Waals surface area (Å²) in [5.41, 5.74) is 1.78. The maximum Gasteiger partial charge on any atom is 0.231 e. The SMILES string of the molecule is CCc1nc(NC(=O)C2CC(=O)N(c3ccc(OC)cc3)C2)sc1C. The van der Waals surface area contributed by atoms with Crippen LogP contribution in [0.5, 0.6) is 5.75 Å². The third-order valence-electron chi connectivity index (χ3n) is 4.34. The van der Waals surface area contributed by atoms with Gasteiger partial charge in [0, 0.05) is 23.5 Å². The van der Waals surface area contributed by atoms with Gasteiger partial charge >= 0.3 is 0 Å². The molecular formula is C18H21N3O3S. The van der Waals surface area contributed by atoms with Gasteiger partial charge in [-0.15, -0.1) is 11.3 Å². The van der Waals surface area contributed by atoms with E-state index in [0.29, 0.717) is 11.7 Å². The van der Waals surface area contributed by atoms with Gasteiger partial charge in [0.1, 0.15) is 5.75 Å². The molecule has 3 rings (SSSR count). The van der Waals surface area contributed by atoms with Gasteiger partial charge < -0.3 is 15.0 Å². The second kappa shape index (κ2) is 7.23. The van der Waals surface area contributed by atoms with Crippen LogP contribution in [-0.2, 0) is 16.0 Å². The third-order valence-corrected chi connectivity index (χ3v) is 5.27. The Kier molecular flexibility index (Phi) is 5.03. The Bertz CT molecular complexity index is 785. The van der Waals surface area contributed by atoms with Crippen molar-refractivity contribution in [3.05, 3.63) is 34.8 Å². The van der Waals surface area contributed by atoms with Crippen molar-refractivity contribution in [3.63, 3.8) is 0 Å². The summed E-state index contributed by atoms with van der Waals surface area (Å²) < 4.78 is 5.13. The van der Waals surface area contributed by atoms with Gasteiger partial charge in [0.25, 0.3) is 0 Å². The summed E-state index contributed by atoms with van der Waals surface area (Å²) in [5.74, 6) is 0.162. The fraction of sp³-hybridized carbons (Fsp3) is 0.389. The van der Waals surface area contributed by atoms with E-state index in [1.54, 1.807) is 24.1 Å². The molecule has 1 atom stereocenters. The van der Waals surface area contributed by atoms with Crippen molar-refractivity contribution in [2.24, 2.45) is 5.92 Å². The van der Waals surface area contributed by atoms with Crippen molar-refractivity contribution in [3.8, 4) is 5.75 Å². The summed E-state index contributed by atoms with van der Waals surface area (Å²) in [6, 6.07) is 7.27. The molecule has 6 nitrogen and oxygen atoms in total. The number of nitrogens with one attached hydrogen (secondary N) is 1. The first kappa shape index (κ1) is 17.4. The molecule has 1 N–H and O–H groups in total. The number of anilines is 2. The summed E-state index contributed by atoms with van der Waals surface area (Å²) >= 11 is 1.47. The number of amides is 2. The molecule has 0 spiro atoms. The zero-order chi connectivity index (χ0) is 18.0. The first-order valence-corrected chi connectivity index (χ1v) is 9.05. The molecular weight excluding hydrogens is 338 g/mol. The number of methoxy groups -OCH3 is 1. The highest BCUT2D eigenvalue weighted by Gasteiger charge is 2.35. The van der Waals surface area contributed by atoms with Gasteiger partial charge in [-0.25, -0.2) is 4.98 Å². The van der Waals surface area contributed by atoms with Crippen molar-refractivity contribution < 1.29 is 14.3 Å². The Morgan fingerprint density at radius 1 is 1.40 bits per heavy atom. The predicted octanol–water partition coefficient (Wildman–Crippen LogP) is 3.01. The molecule has 0 radical (unpaired) electrons. The van der Waals surface area contributed by atoms with E-state index in [2.05, 4.69) is 10.3 Å². The monoisotopic (exact) mass is 359 g/mol. The second-order valence-corrected chi connectivity index (χ2v) is 7.17.